The maximum atomic E-state index is 11.6. The van der Waals surface area contributed by atoms with Gasteiger partial charge in [0.05, 0.1) is 5.92 Å². The lowest BCUT2D eigenvalue weighted by Crippen LogP contribution is -2.13. The molecule has 318 valence electrons. The Morgan fingerprint density at radius 3 is 0.679 bits per heavy atom. The molecule has 0 rings (SSSR count). The summed E-state index contributed by atoms with van der Waals surface area (Å²) in [6, 6.07) is 0. The van der Waals surface area contributed by atoms with Gasteiger partial charge in [-0.1, -0.05) is 271 Å². The fourth-order valence-electron chi connectivity index (χ4n) is 7.68. The van der Waals surface area contributed by atoms with Crippen molar-refractivity contribution < 1.29 is 19.8 Å². The summed E-state index contributed by atoms with van der Waals surface area (Å²) in [6.45, 7) is 6.82. The highest BCUT2D eigenvalue weighted by Crippen LogP contribution is 2.21. The van der Waals surface area contributed by atoms with Crippen molar-refractivity contribution in [3.05, 3.63) is 0 Å². The Balaban J connectivity index is 0. The number of unbranched alkanes of at least 4 members (excludes halogenated alkanes) is 37. The maximum absolute atomic E-state index is 11.6. The zero-order valence-electron chi connectivity index (χ0n) is 36.7. The minimum atomic E-state index is -0.653. The molecule has 0 bridgehead atoms. The van der Waals surface area contributed by atoms with E-state index in [0.29, 0.717) is 6.42 Å². The largest absolute Gasteiger partial charge is 0.481 e. The van der Waals surface area contributed by atoms with E-state index in [1.807, 2.05) is 0 Å². The van der Waals surface area contributed by atoms with Crippen LogP contribution in [0.25, 0.3) is 0 Å². The van der Waals surface area contributed by atoms with Crippen LogP contribution in [0.3, 0.4) is 0 Å². The molecule has 53 heavy (non-hydrogen) atoms. The Labute approximate surface area is 333 Å². The standard InChI is InChI=1S/C31H62O2.C18H36O2/c1-3-5-7-9-11-13-15-16-17-19-21-23-25-27-29-30(31(32)33)28-26-24-22-20-18-14-12-10-8-6-4-2;1-2-3-4-5-6-7-8-9-10-11-12-13-14-15-16-17-18(19)20/h30H,3-29H2,1-2H3,(H,32,33);2-17H2,1H3,(H,19,20). The fourth-order valence-corrected chi connectivity index (χ4v) is 7.68. The molecule has 0 saturated heterocycles. The van der Waals surface area contributed by atoms with Crippen molar-refractivity contribution >= 4 is 11.9 Å². The molecular weight excluding hydrogens is 653 g/mol. The molecule has 2 N–H and O–H groups in total. The third kappa shape index (κ3) is 50.9. The SMILES string of the molecule is CCCCCCCCCCCCCCCCC(CCCCCCCCCCCCC)C(=O)O.CCCCCCCCCCCCCCCCCC(=O)O. The second-order valence-electron chi connectivity index (χ2n) is 16.8. The Hall–Kier alpha value is -1.06. The van der Waals surface area contributed by atoms with Gasteiger partial charge in [-0.25, -0.2) is 0 Å². The van der Waals surface area contributed by atoms with Crippen molar-refractivity contribution in [2.45, 2.75) is 297 Å². The average Bonchev–Trinajstić information content (AvgIpc) is 3.14. The number of hydrogen-bond acceptors (Lipinski definition) is 2. The predicted octanol–water partition coefficient (Wildman–Crippen LogP) is 17.6. The number of aliphatic carboxylic acids is 2. The molecule has 4 nitrogen and oxygen atoms in total. The fraction of sp³-hybridized carbons (Fsp3) is 0.959. The van der Waals surface area contributed by atoms with Crippen LogP contribution in [0.5, 0.6) is 0 Å². The van der Waals surface area contributed by atoms with Crippen LogP contribution in [0.1, 0.15) is 297 Å². The number of rotatable bonds is 44. The second-order valence-corrected chi connectivity index (χ2v) is 16.8. The molecule has 0 aromatic heterocycles. The normalized spacial score (nSPS) is 11.8. The lowest BCUT2D eigenvalue weighted by Gasteiger charge is -2.12. The average molecular weight is 751 g/mol. The topological polar surface area (TPSA) is 74.6 Å². The molecule has 1 atom stereocenters. The number of hydrogen-bond donors (Lipinski definition) is 2. The summed E-state index contributed by atoms with van der Waals surface area (Å²) in [4.78, 5) is 21.9. The van der Waals surface area contributed by atoms with E-state index < -0.39 is 11.9 Å². The zero-order chi connectivity index (χ0) is 39.1. The maximum Gasteiger partial charge on any atom is 0.306 e. The van der Waals surface area contributed by atoms with E-state index in [1.54, 1.807) is 0 Å². The molecule has 0 saturated carbocycles. The van der Waals surface area contributed by atoms with Crippen LogP contribution in [0.4, 0.5) is 0 Å². The van der Waals surface area contributed by atoms with Gasteiger partial charge in [-0.3, -0.25) is 9.59 Å². The molecule has 4 heteroatoms. The van der Waals surface area contributed by atoms with Gasteiger partial charge in [-0.05, 0) is 19.3 Å². The monoisotopic (exact) mass is 751 g/mol. The van der Waals surface area contributed by atoms with E-state index in [1.165, 1.54) is 231 Å². The lowest BCUT2D eigenvalue weighted by atomic mass is 9.94. The van der Waals surface area contributed by atoms with Crippen molar-refractivity contribution in [1.82, 2.24) is 0 Å². The van der Waals surface area contributed by atoms with Crippen molar-refractivity contribution in [2.24, 2.45) is 5.92 Å². The van der Waals surface area contributed by atoms with Gasteiger partial charge in [0.15, 0.2) is 0 Å². The molecule has 0 fully saturated rings. The Morgan fingerprint density at radius 1 is 0.302 bits per heavy atom. The first kappa shape index (κ1) is 54.0. The first-order valence-electron chi connectivity index (χ1n) is 24.4. The molecule has 0 aromatic rings. The summed E-state index contributed by atoms with van der Waals surface area (Å²) in [5, 5.41) is 18.1. The van der Waals surface area contributed by atoms with Gasteiger partial charge in [0.1, 0.15) is 0 Å². The molecule has 0 aliphatic heterocycles. The highest BCUT2D eigenvalue weighted by Gasteiger charge is 2.16. The van der Waals surface area contributed by atoms with Crippen molar-refractivity contribution in [2.75, 3.05) is 0 Å². The van der Waals surface area contributed by atoms with E-state index >= 15 is 0 Å². The van der Waals surface area contributed by atoms with Crippen molar-refractivity contribution in [3.63, 3.8) is 0 Å². The van der Waals surface area contributed by atoms with Crippen LogP contribution in [-0.4, -0.2) is 22.2 Å². The Bertz CT molecular complexity index is 692. The molecule has 0 aliphatic carbocycles. The zero-order valence-corrected chi connectivity index (χ0v) is 36.7. The molecule has 0 heterocycles. The minimum absolute atomic E-state index is 0.0964. The van der Waals surface area contributed by atoms with Crippen molar-refractivity contribution in [1.29, 1.82) is 0 Å². The van der Waals surface area contributed by atoms with E-state index in [0.717, 1.165) is 38.5 Å². The summed E-state index contributed by atoms with van der Waals surface area (Å²) in [7, 11) is 0. The third-order valence-electron chi connectivity index (χ3n) is 11.4. The van der Waals surface area contributed by atoms with E-state index in [2.05, 4.69) is 20.8 Å². The van der Waals surface area contributed by atoms with Crippen LogP contribution >= 0.6 is 0 Å². The summed E-state index contributed by atoms with van der Waals surface area (Å²) < 4.78 is 0. The van der Waals surface area contributed by atoms with Crippen LogP contribution in [0.15, 0.2) is 0 Å². The lowest BCUT2D eigenvalue weighted by molar-refractivity contribution is -0.142. The van der Waals surface area contributed by atoms with Gasteiger partial charge in [-0.15, -0.1) is 0 Å². The van der Waals surface area contributed by atoms with Crippen LogP contribution in [-0.2, 0) is 9.59 Å². The van der Waals surface area contributed by atoms with Crippen LogP contribution in [0.2, 0.25) is 0 Å². The molecule has 0 radical (unpaired) electrons. The van der Waals surface area contributed by atoms with Crippen molar-refractivity contribution in [3.8, 4) is 0 Å². The smallest absolute Gasteiger partial charge is 0.306 e. The molecule has 0 amide bonds. The quantitative estimate of drug-likeness (QED) is 0.0608. The van der Waals surface area contributed by atoms with E-state index in [9.17, 15) is 14.7 Å². The minimum Gasteiger partial charge on any atom is -0.481 e. The number of carbonyl (C=O) groups is 2. The molecule has 0 aromatic carbocycles. The van der Waals surface area contributed by atoms with Crippen LogP contribution in [0, 0.1) is 5.92 Å². The highest BCUT2D eigenvalue weighted by molar-refractivity contribution is 5.69. The summed E-state index contributed by atoms with van der Waals surface area (Å²) >= 11 is 0. The van der Waals surface area contributed by atoms with Gasteiger partial charge in [0.25, 0.3) is 0 Å². The first-order valence-corrected chi connectivity index (χ1v) is 24.4. The Morgan fingerprint density at radius 2 is 0.491 bits per heavy atom. The van der Waals surface area contributed by atoms with Gasteiger partial charge in [0.2, 0.25) is 0 Å². The molecule has 0 spiro atoms. The third-order valence-corrected chi connectivity index (χ3v) is 11.4. The van der Waals surface area contributed by atoms with Gasteiger partial charge < -0.3 is 10.2 Å². The number of carboxylic acid groups (broad SMARTS) is 2. The van der Waals surface area contributed by atoms with Crippen LogP contribution < -0.4 is 0 Å². The van der Waals surface area contributed by atoms with E-state index in [-0.39, 0.29) is 5.92 Å². The van der Waals surface area contributed by atoms with Gasteiger partial charge in [0, 0.05) is 6.42 Å². The van der Waals surface area contributed by atoms with Gasteiger partial charge >= 0.3 is 11.9 Å². The highest BCUT2D eigenvalue weighted by atomic mass is 16.4. The summed E-state index contributed by atoms with van der Waals surface area (Å²) in [6.07, 6.45) is 55.7. The first-order chi connectivity index (χ1) is 26.0. The summed E-state index contributed by atoms with van der Waals surface area (Å²) in [5.41, 5.74) is 0. The van der Waals surface area contributed by atoms with Gasteiger partial charge in [-0.2, -0.15) is 0 Å². The predicted molar refractivity (Wildman–Crippen MR) is 234 cm³/mol. The Kier molecular flexibility index (Phi) is 49.9. The molecule has 1 unspecified atom stereocenters. The number of carboxylic acids is 2. The summed E-state index contributed by atoms with van der Waals surface area (Å²) in [5.74, 6) is -1.31. The van der Waals surface area contributed by atoms with E-state index in [4.69, 9.17) is 5.11 Å². The molecular formula is C49H98O4. The second kappa shape index (κ2) is 49.0. The molecule has 0 aliphatic rings.